The molecule has 0 heterocycles. The molecule has 0 amide bonds. The summed E-state index contributed by atoms with van der Waals surface area (Å²) in [7, 11) is 3.90. The lowest BCUT2D eigenvalue weighted by molar-refractivity contribution is 0.112. The number of hydrogen-bond donors (Lipinski definition) is 1. The van der Waals surface area contributed by atoms with Crippen molar-refractivity contribution in [2.24, 2.45) is 5.92 Å². The van der Waals surface area contributed by atoms with Crippen molar-refractivity contribution in [3.05, 3.63) is 35.4 Å². The van der Waals surface area contributed by atoms with Crippen LogP contribution >= 0.6 is 0 Å². The fourth-order valence-corrected chi connectivity index (χ4v) is 2.25. The summed E-state index contributed by atoms with van der Waals surface area (Å²) < 4.78 is 5.20. The summed E-state index contributed by atoms with van der Waals surface area (Å²) in [5.41, 5.74) is 2.77. The topological polar surface area (TPSA) is 24.5 Å². The van der Waals surface area contributed by atoms with Crippen LogP contribution in [0.3, 0.4) is 0 Å². The molecule has 0 aliphatic rings. The van der Waals surface area contributed by atoms with E-state index in [2.05, 4.69) is 62.3 Å². The number of likely N-dealkylation sites (N-methyl/N-ethyl adjacent to an activating group) is 1. The van der Waals surface area contributed by atoms with Crippen molar-refractivity contribution in [2.45, 2.75) is 39.8 Å². The zero-order valence-electron chi connectivity index (χ0n) is 14.4. The molecule has 0 aliphatic carbocycles. The predicted octanol–water partition coefficient (Wildman–Crippen LogP) is 2.94. The van der Waals surface area contributed by atoms with Gasteiger partial charge in [-0.2, -0.15) is 0 Å². The van der Waals surface area contributed by atoms with Gasteiger partial charge in [-0.15, -0.1) is 0 Å². The third-order valence-electron chi connectivity index (χ3n) is 3.76. The fourth-order valence-electron chi connectivity index (χ4n) is 2.25. The third-order valence-corrected chi connectivity index (χ3v) is 3.76. The van der Waals surface area contributed by atoms with Crippen LogP contribution in [-0.2, 0) is 17.7 Å². The molecule has 0 radical (unpaired) electrons. The Bertz CT molecular complexity index is 375. The molecule has 0 saturated carbocycles. The summed E-state index contributed by atoms with van der Waals surface area (Å²) in [6.07, 6.45) is 1.10. The highest BCUT2D eigenvalue weighted by Gasteiger charge is 2.08. The fraction of sp³-hybridized carbons (Fsp3) is 0.667. The molecule has 1 unspecified atom stereocenters. The van der Waals surface area contributed by atoms with Gasteiger partial charge in [-0.1, -0.05) is 38.1 Å². The molecule has 0 fully saturated rings. The summed E-state index contributed by atoms with van der Waals surface area (Å²) in [6, 6.07) is 9.43. The van der Waals surface area contributed by atoms with Crippen molar-refractivity contribution >= 4 is 0 Å². The Morgan fingerprint density at radius 3 is 2.29 bits per heavy atom. The molecule has 1 aromatic carbocycles. The first-order valence-corrected chi connectivity index (χ1v) is 8.00. The van der Waals surface area contributed by atoms with Gasteiger partial charge in [-0.05, 0) is 50.5 Å². The maximum atomic E-state index is 5.20. The predicted molar refractivity (Wildman–Crippen MR) is 90.7 cm³/mol. The van der Waals surface area contributed by atoms with Crippen molar-refractivity contribution in [2.75, 3.05) is 33.9 Å². The normalized spacial score (nSPS) is 13.1. The van der Waals surface area contributed by atoms with E-state index in [9.17, 15) is 0 Å². The monoisotopic (exact) mass is 292 g/mol. The van der Waals surface area contributed by atoms with E-state index >= 15 is 0 Å². The number of hydrogen-bond acceptors (Lipinski definition) is 3. The molecule has 0 aromatic heterocycles. The summed E-state index contributed by atoms with van der Waals surface area (Å²) in [6.45, 7) is 10.6. The molecule has 1 aromatic rings. The maximum absolute atomic E-state index is 5.20. The quantitative estimate of drug-likeness (QED) is 0.671. The van der Waals surface area contributed by atoms with Gasteiger partial charge in [0.25, 0.3) is 0 Å². The van der Waals surface area contributed by atoms with E-state index in [0.29, 0.717) is 6.04 Å². The van der Waals surface area contributed by atoms with Crippen LogP contribution in [0.25, 0.3) is 0 Å². The summed E-state index contributed by atoms with van der Waals surface area (Å²) >= 11 is 0. The SMILES string of the molecule is COCC(C)N(C)Cc1ccc(CCNCC(C)C)cc1. The Balaban J connectivity index is 2.36. The second-order valence-electron chi connectivity index (χ2n) is 6.38. The molecule has 0 spiro atoms. The van der Waals surface area contributed by atoms with Crippen molar-refractivity contribution in [1.29, 1.82) is 0 Å². The van der Waals surface area contributed by atoms with E-state index in [1.807, 2.05) is 0 Å². The average molecular weight is 292 g/mol. The number of ether oxygens (including phenoxy) is 1. The number of benzene rings is 1. The van der Waals surface area contributed by atoms with Gasteiger partial charge < -0.3 is 10.1 Å². The van der Waals surface area contributed by atoms with Gasteiger partial charge in [-0.3, -0.25) is 4.90 Å². The van der Waals surface area contributed by atoms with E-state index in [1.165, 1.54) is 11.1 Å². The van der Waals surface area contributed by atoms with Crippen LogP contribution < -0.4 is 5.32 Å². The van der Waals surface area contributed by atoms with Crippen molar-refractivity contribution in [3.8, 4) is 0 Å². The minimum atomic E-state index is 0.440. The standard InChI is InChI=1S/C18H32N2O/c1-15(2)12-19-11-10-17-6-8-18(9-7-17)13-20(4)16(3)14-21-5/h6-9,15-16,19H,10-14H2,1-5H3. The molecule has 0 saturated heterocycles. The smallest absolute Gasteiger partial charge is 0.0615 e. The van der Waals surface area contributed by atoms with Gasteiger partial charge in [0.05, 0.1) is 6.61 Å². The number of nitrogens with zero attached hydrogens (tertiary/aromatic N) is 1. The lowest BCUT2D eigenvalue weighted by atomic mass is 10.1. The van der Waals surface area contributed by atoms with Gasteiger partial charge in [0, 0.05) is 19.7 Å². The first-order chi connectivity index (χ1) is 10.0. The van der Waals surface area contributed by atoms with Crippen LogP contribution in [-0.4, -0.2) is 44.8 Å². The number of methoxy groups -OCH3 is 1. The largest absolute Gasteiger partial charge is 0.383 e. The average Bonchev–Trinajstić information content (AvgIpc) is 2.45. The molecule has 0 bridgehead atoms. The highest BCUT2D eigenvalue weighted by atomic mass is 16.5. The van der Waals surface area contributed by atoms with Crippen molar-refractivity contribution in [1.82, 2.24) is 10.2 Å². The Kier molecular flexibility index (Phi) is 8.58. The zero-order chi connectivity index (χ0) is 15.7. The van der Waals surface area contributed by atoms with Crippen LogP contribution in [0.1, 0.15) is 31.9 Å². The molecule has 1 rings (SSSR count). The zero-order valence-corrected chi connectivity index (χ0v) is 14.4. The molecule has 3 nitrogen and oxygen atoms in total. The van der Waals surface area contributed by atoms with Crippen LogP contribution in [0.4, 0.5) is 0 Å². The highest BCUT2D eigenvalue weighted by Crippen LogP contribution is 2.09. The third kappa shape index (κ3) is 7.60. The molecule has 21 heavy (non-hydrogen) atoms. The first-order valence-electron chi connectivity index (χ1n) is 8.00. The van der Waals surface area contributed by atoms with Gasteiger partial charge in [0.15, 0.2) is 0 Å². The van der Waals surface area contributed by atoms with E-state index in [0.717, 1.165) is 38.6 Å². The molecular weight excluding hydrogens is 260 g/mol. The van der Waals surface area contributed by atoms with Gasteiger partial charge >= 0.3 is 0 Å². The van der Waals surface area contributed by atoms with Crippen LogP contribution in [0.2, 0.25) is 0 Å². The van der Waals surface area contributed by atoms with E-state index in [1.54, 1.807) is 7.11 Å². The first kappa shape index (κ1) is 18.1. The lowest BCUT2D eigenvalue weighted by Gasteiger charge is -2.24. The minimum Gasteiger partial charge on any atom is -0.383 e. The molecule has 1 N–H and O–H groups in total. The molecule has 3 heteroatoms. The van der Waals surface area contributed by atoms with E-state index < -0.39 is 0 Å². The number of rotatable bonds is 10. The Hall–Kier alpha value is -0.900. The molecular formula is C18H32N2O. The summed E-state index contributed by atoms with van der Waals surface area (Å²) in [4.78, 5) is 2.32. The van der Waals surface area contributed by atoms with Gasteiger partial charge in [0.1, 0.15) is 0 Å². The highest BCUT2D eigenvalue weighted by molar-refractivity contribution is 5.22. The summed E-state index contributed by atoms with van der Waals surface area (Å²) in [5.74, 6) is 0.719. The van der Waals surface area contributed by atoms with Gasteiger partial charge in [-0.25, -0.2) is 0 Å². The van der Waals surface area contributed by atoms with Crippen LogP contribution in [0.5, 0.6) is 0 Å². The molecule has 0 aliphatic heterocycles. The van der Waals surface area contributed by atoms with Crippen molar-refractivity contribution in [3.63, 3.8) is 0 Å². The van der Waals surface area contributed by atoms with E-state index in [4.69, 9.17) is 4.74 Å². The van der Waals surface area contributed by atoms with E-state index in [-0.39, 0.29) is 0 Å². The minimum absolute atomic E-state index is 0.440. The Labute approximate surface area is 130 Å². The maximum Gasteiger partial charge on any atom is 0.0615 e. The summed E-state index contributed by atoms with van der Waals surface area (Å²) in [5, 5.41) is 3.49. The molecule has 1 atom stereocenters. The molecule has 120 valence electrons. The van der Waals surface area contributed by atoms with Crippen LogP contribution in [0, 0.1) is 5.92 Å². The second kappa shape index (κ2) is 9.93. The lowest BCUT2D eigenvalue weighted by Crippen LogP contribution is -2.32. The Morgan fingerprint density at radius 2 is 1.71 bits per heavy atom. The van der Waals surface area contributed by atoms with Gasteiger partial charge in [0.2, 0.25) is 0 Å². The number of nitrogens with one attached hydrogen (secondary N) is 1. The van der Waals surface area contributed by atoms with Crippen LogP contribution in [0.15, 0.2) is 24.3 Å². The van der Waals surface area contributed by atoms with Crippen molar-refractivity contribution < 1.29 is 4.74 Å². The Morgan fingerprint density at radius 1 is 1.10 bits per heavy atom. The second-order valence-corrected chi connectivity index (χ2v) is 6.38.